The lowest BCUT2D eigenvalue weighted by molar-refractivity contribution is -0.116. The normalized spacial score (nSPS) is 17.7. The average molecular weight is 466 g/mol. The van der Waals surface area contributed by atoms with E-state index in [-0.39, 0.29) is 17.6 Å². The highest BCUT2D eigenvalue weighted by Crippen LogP contribution is 2.39. The topological polar surface area (TPSA) is 94.3 Å². The number of hydrogen-bond acceptors (Lipinski definition) is 5. The van der Waals surface area contributed by atoms with Gasteiger partial charge in [0.15, 0.2) is 6.29 Å². The van der Waals surface area contributed by atoms with Gasteiger partial charge in [-0.2, -0.15) is 0 Å². The van der Waals surface area contributed by atoms with Crippen molar-refractivity contribution in [1.29, 1.82) is 0 Å². The number of amides is 1. The van der Waals surface area contributed by atoms with Gasteiger partial charge in [0.05, 0.1) is 17.1 Å². The summed E-state index contributed by atoms with van der Waals surface area (Å²) in [6.45, 7) is 0.308. The van der Waals surface area contributed by atoms with Crippen LogP contribution >= 0.6 is 11.6 Å². The van der Waals surface area contributed by atoms with Gasteiger partial charge in [-0.05, 0) is 65.1 Å². The summed E-state index contributed by atoms with van der Waals surface area (Å²) in [5, 5.41) is 3.28. The lowest BCUT2D eigenvalue weighted by Gasteiger charge is -2.13. The molecule has 1 aromatic heterocycles. The quantitative estimate of drug-likeness (QED) is 0.487. The minimum absolute atomic E-state index is 0.0168. The molecule has 1 atom stereocenters. The molecule has 6 nitrogen and oxygen atoms in total. The summed E-state index contributed by atoms with van der Waals surface area (Å²) >= 11 is 6.41. The van der Waals surface area contributed by atoms with Crippen molar-refractivity contribution in [2.24, 2.45) is 0 Å². The first kappa shape index (κ1) is 22.5. The second kappa shape index (κ2) is 9.83. The lowest BCUT2D eigenvalue weighted by Crippen LogP contribution is -2.30. The van der Waals surface area contributed by atoms with Crippen LogP contribution in [0.5, 0.6) is 0 Å². The van der Waals surface area contributed by atoms with E-state index >= 15 is 0 Å². The first-order chi connectivity index (χ1) is 15.9. The van der Waals surface area contributed by atoms with E-state index in [1.807, 2.05) is 6.08 Å². The largest absolute Gasteiger partial charge is 0.487 e. The van der Waals surface area contributed by atoms with Crippen molar-refractivity contribution in [3.05, 3.63) is 93.6 Å². The van der Waals surface area contributed by atoms with Crippen molar-refractivity contribution in [1.82, 2.24) is 10.3 Å². The maximum atomic E-state index is 14.1. The maximum absolute atomic E-state index is 14.1. The van der Waals surface area contributed by atoms with Crippen molar-refractivity contribution in [3.8, 4) is 0 Å². The number of aldehydes is 1. The molecule has 33 heavy (non-hydrogen) atoms. The Labute approximate surface area is 195 Å². The molecule has 0 saturated heterocycles. The van der Waals surface area contributed by atoms with E-state index in [2.05, 4.69) is 10.3 Å². The van der Waals surface area contributed by atoms with E-state index in [0.29, 0.717) is 47.8 Å². The molecule has 0 saturated carbocycles. The number of carbonyl (C=O) groups excluding carboxylic acids is 2. The molecule has 0 bridgehead atoms. The van der Waals surface area contributed by atoms with Crippen molar-refractivity contribution in [2.45, 2.75) is 18.9 Å². The summed E-state index contributed by atoms with van der Waals surface area (Å²) in [4.78, 5) is 27.0. The highest BCUT2D eigenvalue weighted by Gasteiger charge is 2.29. The van der Waals surface area contributed by atoms with Crippen LogP contribution in [0.2, 0.25) is 0 Å². The zero-order valence-corrected chi connectivity index (χ0v) is 18.3. The predicted molar refractivity (Wildman–Crippen MR) is 126 cm³/mol. The first-order valence-corrected chi connectivity index (χ1v) is 10.7. The Balaban J connectivity index is 1.37. The van der Waals surface area contributed by atoms with Gasteiger partial charge in [-0.15, -0.1) is 0 Å². The molecule has 2 heterocycles. The Bertz CT molecular complexity index is 1220. The van der Waals surface area contributed by atoms with Crippen LogP contribution < -0.4 is 11.1 Å². The molecule has 168 valence electrons. The number of nitrogens with one attached hydrogen (secondary N) is 1. The number of halogens is 2. The number of allylic oxidation sites excluding steroid dienone is 4. The van der Waals surface area contributed by atoms with Crippen LogP contribution in [-0.4, -0.2) is 29.8 Å². The summed E-state index contributed by atoms with van der Waals surface area (Å²) in [5.74, 6) is 0.181. The number of benzene rings is 1. The Hall–Kier alpha value is -3.71. The third-order valence-electron chi connectivity index (χ3n) is 5.37. The molecule has 0 spiro atoms. The molecule has 0 fully saturated rings. The predicted octanol–water partition coefficient (Wildman–Crippen LogP) is 4.40. The van der Waals surface area contributed by atoms with Crippen LogP contribution in [0.15, 0.2) is 71.1 Å². The van der Waals surface area contributed by atoms with Crippen LogP contribution in [0, 0.1) is 5.82 Å². The Morgan fingerprint density at radius 3 is 2.88 bits per heavy atom. The van der Waals surface area contributed by atoms with E-state index in [1.54, 1.807) is 36.5 Å². The van der Waals surface area contributed by atoms with Gasteiger partial charge in [0.1, 0.15) is 23.5 Å². The molecule has 1 amide bonds. The molecule has 0 radical (unpaired) electrons. The van der Waals surface area contributed by atoms with Gasteiger partial charge < -0.3 is 15.8 Å². The van der Waals surface area contributed by atoms with Gasteiger partial charge in [0.25, 0.3) is 0 Å². The number of carbonyl (C=O) groups is 2. The molecule has 4 rings (SSSR count). The van der Waals surface area contributed by atoms with Crippen LogP contribution in [-0.2, 0) is 9.53 Å². The van der Waals surface area contributed by atoms with Crippen molar-refractivity contribution in [2.75, 3.05) is 12.3 Å². The number of nitrogens with two attached hydrogens (primary N) is 1. The fraction of sp³-hybridized carbons (Fsp3) is 0.160. The number of anilines is 1. The van der Waals surface area contributed by atoms with Gasteiger partial charge in [0, 0.05) is 18.7 Å². The summed E-state index contributed by atoms with van der Waals surface area (Å²) in [7, 11) is 0. The molecular weight excluding hydrogens is 445 g/mol. The first-order valence-electron chi connectivity index (χ1n) is 10.3. The fourth-order valence-corrected chi connectivity index (χ4v) is 3.91. The summed E-state index contributed by atoms with van der Waals surface area (Å²) < 4.78 is 20.1. The Morgan fingerprint density at radius 1 is 1.30 bits per heavy atom. The third-order valence-corrected chi connectivity index (χ3v) is 5.67. The monoisotopic (exact) mass is 465 g/mol. The minimum atomic E-state index is -0.567. The van der Waals surface area contributed by atoms with Crippen LogP contribution in [0.1, 0.15) is 34.3 Å². The number of ether oxygens (including phenoxy) is 1. The van der Waals surface area contributed by atoms with Crippen molar-refractivity contribution < 1.29 is 18.7 Å². The van der Waals surface area contributed by atoms with Gasteiger partial charge >= 0.3 is 0 Å². The SMILES string of the molecule is Nc1ccc(/C=C/C(=O)NCC2CC3=C(O2)C(Cl)=CC=C(c2ccc(C=O)c(F)c2)C3)cn1. The zero-order chi connectivity index (χ0) is 23.4. The van der Waals surface area contributed by atoms with Crippen LogP contribution in [0.4, 0.5) is 10.2 Å². The number of pyridine rings is 1. The van der Waals surface area contributed by atoms with Crippen LogP contribution in [0.3, 0.4) is 0 Å². The fourth-order valence-electron chi connectivity index (χ4n) is 3.67. The average Bonchev–Trinajstić information content (AvgIpc) is 3.15. The van der Waals surface area contributed by atoms with Crippen molar-refractivity contribution >= 4 is 41.3 Å². The molecule has 3 N–H and O–H groups in total. The summed E-state index contributed by atoms with van der Waals surface area (Å²) in [6.07, 6.45) is 9.53. The summed E-state index contributed by atoms with van der Waals surface area (Å²) in [5.41, 5.74) is 8.84. The Morgan fingerprint density at radius 2 is 2.15 bits per heavy atom. The minimum Gasteiger partial charge on any atom is -0.487 e. The highest BCUT2D eigenvalue weighted by atomic mass is 35.5. The van der Waals surface area contributed by atoms with E-state index in [0.717, 1.165) is 16.7 Å². The molecule has 1 aliphatic carbocycles. The van der Waals surface area contributed by atoms with Crippen LogP contribution in [0.25, 0.3) is 11.6 Å². The third kappa shape index (κ3) is 5.38. The second-order valence-electron chi connectivity index (χ2n) is 7.71. The second-order valence-corrected chi connectivity index (χ2v) is 8.12. The van der Waals surface area contributed by atoms with E-state index in [4.69, 9.17) is 22.1 Å². The maximum Gasteiger partial charge on any atom is 0.244 e. The van der Waals surface area contributed by atoms with E-state index in [1.165, 1.54) is 18.2 Å². The number of aromatic nitrogens is 1. The van der Waals surface area contributed by atoms with E-state index in [9.17, 15) is 14.0 Å². The molecule has 1 unspecified atom stereocenters. The summed E-state index contributed by atoms with van der Waals surface area (Å²) in [6, 6.07) is 7.95. The molecule has 8 heteroatoms. The number of nitrogen functional groups attached to an aromatic ring is 1. The number of rotatable bonds is 6. The van der Waals surface area contributed by atoms with Gasteiger partial charge in [-0.3, -0.25) is 9.59 Å². The Kier molecular flexibility index (Phi) is 6.70. The van der Waals surface area contributed by atoms with Gasteiger partial charge in [-0.25, -0.2) is 9.37 Å². The molecule has 2 aromatic rings. The lowest BCUT2D eigenvalue weighted by atomic mass is 9.95. The molecular formula is C25H21ClFN3O3. The highest BCUT2D eigenvalue weighted by molar-refractivity contribution is 6.32. The molecule has 2 aliphatic rings. The van der Waals surface area contributed by atoms with Gasteiger partial charge in [0.2, 0.25) is 5.91 Å². The molecule has 1 aromatic carbocycles. The van der Waals surface area contributed by atoms with Crippen molar-refractivity contribution in [3.63, 3.8) is 0 Å². The zero-order valence-electron chi connectivity index (χ0n) is 17.6. The van der Waals surface area contributed by atoms with E-state index < -0.39 is 5.82 Å². The molecule has 1 aliphatic heterocycles. The number of hydrogen-bond donors (Lipinski definition) is 2. The smallest absolute Gasteiger partial charge is 0.244 e. The number of nitrogens with zero attached hydrogens (tertiary/aromatic N) is 1. The standard InChI is InChI=1S/C25H21ClFN3O3/c26-21-6-5-16(17-3-4-18(14-31)22(27)11-17)9-19-10-20(33-25(19)21)13-30-24(32)8-2-15-1-7-23(28)29-12-15/h1-8,11-12,14,20H,9-10,13H2,(H2,28,29)(H,30,32)/b8-2+. The van der Waals surface area contributed by atoms with Gasteiger partial charge in [-0.1, -0.05) is 23.7 Å².